The molecule has 4 aromatic rings. The fourth-order valence-corrected chi connectivity index (χ4v) is 2.85. The Hall–Kier alpha value is -3.15. The average Bonchev–Trinajstić information content (AvgIpc) is 3.27. The monoisotopic (exact) mass is 334 g/mol. The van der Waals surface area contributed by atoms with Crippen LogP contribution in [0.3, 0.4) is 0 Å². The molecule has 0 amide bonds. The van der Waals surface area contributed by atoms with Gasteiger partial charge in [-0.3, -0.25) is 4.68 Å². The molecule has 4 rings (SSSR count). The van der Waals surface area contributed by atoms with Crippen molar-refractivity contribution in [1.29, 1.82) is 0 Å². The van der Waals surface area contributed by atoms with Crippen molar-refractivity contribution in [2.45, 2.75) is 19.9 Å². The average molecular weight is 334 g/mol. The molecule has 0 aliphatic heterocycles. The molecule has 0 saturated heterocycles. The summed E-state index contributed by atoms with van der Waals surface area (Å²) in [5, 5.41) is 14.0. The number of para-hydroxylation sites is 1. The highest BCUT2D eigenvalue weighted by atomic mass is 16.5. The van der Waals surface area contributed by atoms with Gasteiger partial charge in [0.2, 0.25) is 11.8 Å². The summed E-state index contributed by atoms with van der Waals surface area (Å²) in [7, 11) is 1.66. The third-order valence-electron chi connectivity index (χ3n) is 4.10. The van der Waals surface area contributed by atoms with Crippen molar-refractivity contribution < 1.29 is 9.15 Å². The van der Waals surface area contributed by atoms with Gasteiger partial charge in [-0.15, -0.1) is 10.2 Å². The topological polar surface area (TPSA) is 66.0 Å². The van der Waals surface area contributed by atoms with E-state index in [-0.39, 0.29) is 0 Å². The molecule has 0 aliphatic carbocycles. The molecule has 0 N–H and O–H groups in total. The van der Waals surface area contributed by atoms with E-state index in [1.54, 1.807) is 7.11 Å². The third-order valence-corrected chi connectivity index (χ3v) is 4.10. The van der Waals surface area contributed by atoms with Gasteiger partial charge in [0.25, 0.3) is 0 Å². The molecule has 0 bridgehead atoms. The highest BCUT2D eigenvalue weighted by molar-refractivity contribution is 5.93. The number of aryl methyl sites for hydroxylation is 1. The number of rotatable bonds is 5. The van der Waals surface area contributed by atoms with E-state index in [0.29, 0.717) is 18.3 Å². The zero-order chi connectivity index (χ0) is 17.2. The predicted octanol–water partition coefficient (Wildman–Crippen LogP) is 3.71. The lowest BCUT2D eigenvalue weighted by Gasteiger charge is -2.02. The maximum absolute atomic E-state index is 5.63. The van der Waals surface area contributed by atoms with E-state index < -0.39 is 0 Å². The number of nitrogens with zero attached hydrogens (tertiary/aromatic N) is 4. The minimum Gasteiger partial charge on any atom is -0.497 e. The number of benzene rings is 2. The van der Waals surface area contributed by atoms with E-state index in [2.05, 4.69) is 16.3 Å². The molecule has 2 aromatic heterocycles. The number of methoxy groups -OCH3 is 1. The van der Waals surface area contributed by atoms with Gasteiger partial charge in [0, 0.05) is 17.4 Å². The first-order chi connectivity index (χ1) is 12.3. The molecule has 2 aromatic carbocycles. The van der Waals surface area contributed by atoms with Gasteiger partial charge in [-0.25, -0.2) is 0 Å². The summed E-state index contributed by atoms with van der Waals surface area (Å²) in [6.07, 6.45) is 0.724. The second kappa shape index (κ2) is 6.39. The highest BCUT2D eigenvalue weighted by Crippen LogP contribution is 2.30. The van der Waals surface area contributed by atoms with Gasteiger partial charge < -0.3 is 9.15 Å². The van der Waals surface area contributed by atoms with E-state index in [1.807, 2.05) is 54.1 Å². The Morgan fingerprint density at radius 2 is 1.88 bits per heavy atom. The van der Waals surface area contributed by atoms with E-state index in [0.717, 1.165) is 34.3 Å². The fraction of sp³-hybridized carbons (Fsp3) is 0.211. The van der Waals surface area contributed by atoms with Gasteiger partial charge in [-0.05, 0) is 18.2 Å². The van der Waals surface area contributed by atoms with Crippen molar-refractivity contribution >= 4 is 10.9 Å². The number of hydrogen-bond donors (Lipinski definition) is 0. The third kappa shape index (κ3) is 2.87. The Morgan fingerprint density at radius 1 is 1.04 bits per heavy atom. The second-order valence-corrected chi connectivity index (χ2v) is 5.70. The maximum atomic E-state index is 5.63. The molecule has 0 unspecified atom stereocenters. The molecule has 6 heteroatoms. The summed E-state index contributed by atoms with van der Waals surface area (Å²) in [5.41, 5.74) is 2.94. The first-order valence-corrected chi connectivity index (χ1v) is 8.19. The summed E-state index contributed by atoms with van der Waals surface area (Å²) in [5.74, 6) is 2.00. The highest BCUT2D eigenvalue weighted by Gasteiger charge is 2.14. The molecule has 2 heterocycles. The molecule has 0 spiro atoms. The number of ether oxygens (including phenoxy) is 1. The summed E-state index contributed by atoms with van der Waals surface area (Å²) in [4.78, 5) is 0. The Morgan fingerprint density at radius 3 is 2.68 bits per heavy atom. The SMILES string of the molecule is CCc1nnc(Cn2nc(-c3cccc(OC)c3)c3ccccc32)o1. The molecule has 25 heavy (non-hydrogen) atoms. The molecule has 0 radical (unpaired) electrons. The second-order valence-electron chi connectivity index (χ2n) is 5.70. The number of hydrogen-bond acceptors (Lipinski definition) is 5. The van der Waals surface area contributed by atoms with Crippen LogP contribution < -0.4 is 4.74 Å². The van der Waals surface area contributed by atoms with Crippen LogP contribution in [0.5, 0.6) is 5.75 Å². The van der Waals surface area contributed by atoms with Gasteiger partial charge in [0.15, 0.2) is 0 Å². The van der Waals surface area contributed by atoms with Gasteiger partial charge in [-0.2, -0.15) is 5.10 Å². The molecule has 6 nitrogen and oxygen atoms in total. The molecule has 0 fully saturated rings. The normalized spacial score (nSPS) is 11.1. The van der Waals surface area contributed by atoms with Crippen LogP contribution in [0.4, 0.5) is 0 Å². The summed E-state index contributed by atoms with van der Waals surface area (Å²) in [6, 6.07) is 16.0. The maximum Gasteiger partial charge on any atom is 0.237 e. The van der Waals surface area contributed by atoms with Crippen molar-refractivity contribution in [3.63, 3.8) is 0 Å². The van der Waals surface area contributed by atoms with Crippen LogP contribution in [0.15, 0.2) is 52.9 Å². The lowest BCUT2D eigenvalue weighted by molar-refractivity contribution is 0.415. The number of aromatic nitrogens is 4. The minimum atomic E-state index is 0.442. The van der Waals surface area contributed by atoms with Gasteiger partial charge in [0.05, 0.1) is 12.6 Å². The Kier molecular flexibility index (Phi) is 3.93. The molecule has 0 atom stereocenters. The van der Waals surface area contributed by atoms with Crippen molar-refractivity contribution in [3.8, 4) is 17.0 Å². The Bertz CT molecular complexity index is 1020. The zero-order valence-electron chi connectivity index (χ0n) is 14.1. The van der Waals surface area contributed by atoms with E-state index in [9.17, 15) is 0 Å². The Labute approximate surface area is 145 Å². The van der Waals surface area contributed by atoms with Crippen molar-refractivity contribution in [3.05, 3.63) is 60.3 Å². The van der Waals surface area contributed by atoms with Crippen LogP contribution in [-0.2, 0) is 13.0 Å². The summed E-state index contributed by atoms with van der Waals surface area (Å²) >= 11 is 0. The van der Waals surface area contributed by atoms with Crippen molar-refractivity contribution in [2.75, 3.05) is 7.11 Å². The molecule has 0 saturated carbocycles. The quantitative estimate of drug-likeness (QED) is 0.557. The molecular formula is C19H18N4O2. The molecule has 0 aliphatic rings. The Balaban J connectivity index is 1.80. The number of fused-ring (bicyclic) bond motifs is 1. The minimum absolute atomic E-state index is 0.442. The van der Waals surface area contributed by atoms with Crippen LogP contribution in [0.2, 0.25) is 0 Å². The van der Waals surface area contributed by atoms with Crippen molar-refractivity contribution in [1.82, 2.24) is 20.0 Å². The lowest BCUT2D eigenvalue weighted by Crippen LogP contribution is -2.02. The van der Waals surface area contributed by atoms with Crippen LogP contribution in [0.25, 0.3) is 22.2 Å². The van der Waals surface area contributed by atoms with Gasteiger partial charge in [-0.1, -0.05) is 37.3 Å². The summed E-state index contributed by atoms with van der Waals surface area (Å²) < 4.78 is 12.9. The molecular weight excluding hydrogens is 316 g/mol. The smallest absolute Gasteiger partial charge is 0.237 e. The first-order valence-electron chi connectivity index (χ1n) is 8.19. The van der Waals surface area contributed by atoms with E-state index in [4.69, 9.17) is 14.3 Å². The van der Waals surface area contributed by atoms with E-state index in [1.165, 1.54) is 0 Å². The zero-order valence-corrected chi connectivity index (χ0v) is 14.1. The largest absolute Gasteiger partial charge is 0.497 e. The predicted molar refractivity (Wildman–Crippen MR) is 94.5 cm³/mol. The lowest BCUT2D eigenvalue weighted by atomic mass is 10.1. The van der Waals surface area contributed by atoms with Gasteiger partial charge >= 0.3 is 0 Å². The van der Waals surface area contributed by atoms with E-state index >= 15 is 0 Å². The van der Waals surface area contributed by atoms with Crippen LogP contribution in [0, 0.1) is 0 Å². The van der Waals surface area contributed by atoms with Crippen LogP contribution in [-0.4, -0.2) is 27.1 Å². The van der Waals surface area contributed by atoms with Crippen molar-refractivity contribution in [2.24, 2.45) is 0 Å². The van der Waals surface area contributed by atoms with Crippen LogP contribution in [0.1, 0.15) is 18.7 Å². The fourth-order valence-electron chi connectivity index (χ4n) is 2.85. The molecule has 126 valence electrons. The van der Waals surface area contributed by atoms with Crippen LogP contribution >= 0.6 is 0 Å². The standard InChI is InChI=1S/C19H18N4O2/c1-3-17-20-21-18(25-17)12-23-16-10-5-4-9-15(16)19(22-23)13-7-6-8-14(11-13)24-2/h4-11H,3,12H2,1-2H3. The first kappa shape index (κ1) is 15.4. The van der Waals surface area contributed by atoms with Gasteiger partial charge in [0.1, 0.15) is 18.0 Å². The summed E-state index contributed by atoms with van der Waals surface area (Å²) in [6.45, 7) is 2.43.